The fraction of sp³-hybridized carbons (Fsp3) is 0.143. The number of hydrogen-bond donors (Lipinski definition) is 2. The summed E-state index contributed by atoms with van der Waals surface area (Å²) in [5.74, 6) is 0.854. The van der Waals surface area contributed by atoms with E-state index in [9.17, 15) is 4.79 Å². The zero-order valence-electron chi connectivity index (χ0n) is 15.0. The highest BCUT2D eigenvalue weighted by molar-refractivity contribution is 5.94. The number of carbonyl (C=O) groups is 1. The maximum absolute atomic E-state index is 13.0. The number of amides is 1. The first-order chi connectivity index (χ1) is 13.1. The summed E-state index contributed by atoms with van der Waals surface area (Å²) in [7, 11) is 1.61. The van der Waals surface area contributed by atoms with E-state index in [1.807, 2.05) is 48.5 Å². The number of anilines is 3. The number of ether oxygens (including phenoxy) is 1. The Morgan fingerprint density at radius 1 is 1.07 bits per heavy atom. The van der Waals surface area contributed by atoms with Crippen LogP contribution in [0.15, 0.2) is 60.7 Å². The number of methoxy groups -OCH3 is 1. The quantitative estimate of drug-likeness (QED) is 0.743. The second-order valence-corrected chi connectivity index (χ2v) is 6.42. The van der Waals surface area contributed by atoms with Gasteiger partial charge in [0.25, 0.3) is 5.91 Å². The first-order valence-electron chi connectivity index (χ1n) is 8.67. The molecule has 0 bridgehead atoms. The van der Waals surface area contributed by atoms with Crippen molar-refractivity contribution in [3.8, 4) is 5.75 Å². The topological polar surface area (TPSA) is 80.5 Å². The molecule has 1 amide bonds. The Bertz CT molecular complexity index is 978. The molecule has 0 spiro atoms. The molecular formula is C21H20N4O2. The van der Waals surface area contributed by atoms with Crippen molar-refractivity contribution in [2.24, 2.45) is 0 Å². The summed E-state index contributed by atoms with van der Waals surface area (Å²) in [6.07, 6.45) is 0. The zero-order valence-corrected chi connectivity index (χ0v) is 15.0. The first kappa shape index (κ1) is 16.9. The van der Waals surface area contributed by atoms with E-state index in [-0.39, 0.29) is 11.7 Å². The molecule has 0 saturated heterocycles. The van der Waals surface area contributed by atoms with Gasteiger partial charge in [0.15, 0.2) is 0 Å². The van der Waals surface area contributed by atoms with E-state index in [1.54, 1.807) is 24.1 Å². The number of aromatic nitrogens is 1. The van der Waals surface area contributed by atoms with Crippen molar-refractivity contribution < 1.29 is 9.53 Å². The molecule has 2 heterocycles. The Kier molecular flexibility index (Phi) is 4.38. The van der Waals surface area contributed by atoms with Crippen LogP contribution in [0.25, 0.3) is 0 Å². The van der Waals surface area contributed by atoms with E-state index in [0.717, 1.165) is 5.69 Å². The molecule has 0 fully saturated rings. The number of benzene rings is 2. The zero-order chi connectivity index (χ0) is 18.8. The van der Waals surface area contributed by atoms with Gasteiger partial charge in [-0.25, -0.2) is 4.98 Å². The molecule has 0 atom stereocenters. The Balaban J connectivity index is 1.58. The molecule has 2 aromatic carbocycles. The molecule has 0 aliphatic carbocycles. The van der Waals surface area contributed by atoms with Gasteiger partial charge >= 0.3 is 0 Å². The van der Waals surface area contributed by atoms with Gasteiger partial charge < -0.3 is 20.7 Å². The van der Waals surface area contributed by atoms with Crippen molar-refractivity contribution >= 4 is 23.1 Å². The Labute approximate surface area is 157 Å². The van der Waals surface area contributed by atoms with E-state index in [4.69, 9.17) is 10.5 Å². The van der Waals surface area contributed by atoms with Gasteiger partial charge in [-0.15, -0.1) is 0 Å². The lowest BCUT2D eigenvalue weighted by Gasteiger charge is -2.16. The predicted octanol–water partition coefficient (Wildman–Crippen LogP) is 3.57. The van der Waals surface area contributed by atoms with Crippen molar-refractivity contribution in [2.75, 3.05) is 18.2 Å². The largest absolute Gasteiger partial charge is 0.495 e. The number of fused-ring (bicyclic) bond motifs is 1. The van der Waals surface area contributed by atoms with Gasteiger partial charge in [-0.2, -0.15) is 0 Å². The summed E-state index contributed by atoms with van der Waals surface area (Å²) < 4.78 is 5.36. The molecule has 4 rings (SSSR count). The summed E-state index contributed by atoms with van der Waals surface area (Å²) in [5.41, 5.74) is 10.1. The van der Waals surface area contributed by atoms with Gasteiger partial charge in [-0.1, -0.05) is 36.4 Å². The number of hydrogen-bond acceptors (Lipinski definition) is 5. The molecule has 3 aromatic rings. The van der Waals surface area contributed by atoms with E-state index in [1.165, 1.54) is 11.1 Å². The molecule has 1 aliphatic rings. The SMILES string of the molecule is COc1ccccc1Nc1cc(N)nc(C(=O)N2Cc3ccccc3C2)c1. The van der Waals surface area contributed by atoms with E-state index >= 15 is 0 Å². The molecule has 136 valence electrons. The summed E-state index contributed by atoms with van der Waals surface area (Å²) in [6, 6.07) is 19.0. The monoisotopic (exact) mass is 360 g/mol. The Morgan fingerprint density at radius 3 is 2.44 bits per heavy atom. The molecule has 3 N–H and O–H groups in total. The smallest absolute Gasteiger partial charge is 0.273 e. The van der Waals surface area contributed by atoms with Crippen LogP contribution in [0.1, 0.15) is 21.6 Å². The maximum atomic E-state index is 13.0. The number of nitrogen functional groups attached to an aromatic ring is 1. The molecule has 0 unspecified atom stereocenters. The van der Waals surface area contributed by atoms with Crippen LogP contribution in [0.3, 0.4) is 0 Å². The van der Waals surface area contributed by atoms with E-state index in [0.29, 0.717) is 30.2 Å². The second-order valence-electron chi connectivity index (χ2n) is 6.42. The highest BCUT2D eigenvalue weighted by Crippen LogP contribution is 2.29. The standard InChI is InChI=1S/C21H20N4O2/c1-27-19-9-5-4-8-17(19)23-16-10-18(24-20(22)11-16)21(26)25-12-14-6-2-3-7-15(14)13-25/h2-11H,12-13H2,1H3,(H3,22,23,24). The van der Waals surface area contributed by atoms with E-state index in [2.05, 4.69) is 10.3 Å². The van der Waals surface area contributed by atoms with Crippen LogP contribution in [0, 0.1) is 0 Å². The van der Waals surface area contributed by atoms with Crippen molar-refractivity contribution in [3.05, 3.63) is 77.5 Å². The average Bonchev–Trinajstić information content (AvgIpc) is 3.11. The molecule has 1 aromatic heterocycles. The van der Waals surface area contributed by atoms with Gasteiger partial charge in [0, 0.05) is 24.8 Å². The highest BCUT2D eigenvalue weighted by Gasteiger charge is 2.25. The third-order valence-corrected chi connectivity index (χ3v) is 4.58. The van der Waals surface area contributed by atoms with Crippen molar-refractivity contribution in [2.45, 2.75) is 13.1 Å². The van der Waals surface area contributed by atoms with E-state index < -0.39 is 0 Å². The number of carbonyl (C=O) groups excluding carboxylic acids is 1. The van der Waals surface area contributed by atoms with Gasteiger partial charge in [0.1, 0.15) is 17.3 Å². The van der Waals surface area contributed by atoms with Crippen LogP contribution in [0.4, 0.5) is 17.2 Å². The fourth-order valence-corrected chi connectivity index (χ4v) is 3.28. The highest BCUT2D eigenvalue weighted by atomic mass is 16.5. The number of para-hydroxylation sites is 2. The summed E-state index contributed by atoms with van der Waals surface area (Å²) >= 11 is 0. The van der Waals surface area contributed by atoms with Crippen LogP contribution in [-0.2, 0) is 13.1 Å². The minimum absolute atomic E-state index is 0.137. The van der Waals surface area contributed by atoms with Crippen LogP contribution < -0.4 is 15.8 Å². The number of nitrogens with two attached hydrogens (primary N) is 1. The van der Waals surface area contributed by atoms with Crippen LogP contribution in [-0.4, -0.2) is 22.9 Å². The third kappa shape index (κ3) is 3.42. The predicted molar refractivity (Wildman–Crippen MR) is 105 cm³/mol. The lowest BCUT2D eigenvalue weighted by Crippen LogP contribution is -2.26. The number of nitrogens with zero attached hydrogens (tertiary/aromatic N) is 2. The molecule has 27 heavy (non-hydrogen) atoms. The average molecular weight is 360 g/mol. The number of rotatable bonds is 4. The van der Waals surface area contributed by atoms with Gasteiger partial charge in [-0.3, -0.25) is 4.79 Å². The second kappa shape index (κ2) is 6.99. The summed E-state index contributed by atoms with van der Waals surface area (Å²) in [5, 5.41) is 3.25. The minimum Gasteiger partial charge on any atom is -0.495 e. The van der Waals surface area contributed by atoms with Crippen LogP contribution in [0.2, 0.25) is 0 Å². The number of nitrogens with one attached hydrogen (secondary N) is 1. The molecule has 1 aliphatic heterocycles. The maximum Gasteiger partial charge on any atom is 0.273 e. The lowest BCUT2D eigenvalue weighted by atomic mass is 10.1. The molecule has 6 heteroatoms. The lowest BCUT2D eigenvalue weighted by molar-refractivity contribution is 0.0745. The fourth-order valence-electron chi connectivity index (χ4n) is 3.28. The minimum atomic E-state index is -0.137. The molecule has 0 saturated carbocycles. The van der Waals surface area contributed by atoms with Gasteiger partial charge in [0.2, 0.25) is 0 Å². The van der Waals surface area contributed by atoms with Crippen LogP contribution >= 0.6 is 0 Å². The van der Waals surface area contributed by atoms with Gasteiger partial charge in [0.05, 0.1) is 12.8 Å². The van der Waals surface area contributed by atoms with Crippen molar-refractivity contribution in [3.63, 3.8) is 0 Å². The third-order valence-electron chi connectivity index (χ3n) is 4.58. The summed E-state index contributed by atoms with van der Waals surface area (Å²) in [6.45, 7) is 1.17. The Morgan fingerprint density at radius 2 is 1.74 bits per heavy atom. The van der Waals surface area contributed by atoms with Gasteiger partial charge in [-0.05, 0) is 29.3 Å². The van der Waals surface area contributed by atoms with Crippen molar-refractivity contribution in [1.82, 2.24) is 9.88 Å². The first-order valence-corrected chi connectivity index (χ1v) is 8.67. The molecule has 6 nitrogen and oxygen atoms in total. The normalized spacial score (nSPS) is 12.6. The summed E-state index contributed by atoms with van der Waals surface area (Å²) in [4.78, 5) is 19.0. The molecular weight excluding hydrogens is 340 g/mol. The number of pyridine rings is 1. The molecule has 0 radical (unpaired) electrons. The van der Waals surface area contributed by atoms with Crippen LogP contribution in [0.5, 0.6) is 5.75 Å². The Hall–Kier alpha value is -3.54. The van der Waals surface area contributed by atoms with Crippen molar-refractivity contribution in [1.29, 1.82) is 0 Å².